The Labute approximate surface area is 219 Å². The summed E-state index contributed by atoms with van der Waals surface area (Å²) in [6.07, 6.45) is 3.82. The zero-order valence-electron chi connectivity index (χ0n) is 22.0. The summed E-state index contributed by atoms with van der Waals surface area (Å²) in [6.45, 7) is 8.46. The second-order valence-electron chi connectivity index (χ2n) is 9.94. The Bertz CT molecular complexity index is 1160. The van der Waals surface area contributed by atoms with E-state index in [4.69, 9.17) is 4.98 Å². The van der Waals surface area contributed by atoms with Gasteiger partial charge >= 0.3 is 0 Å². The van der Waals surface area contributed by atoms with Gasteiger partial charge in [-0.3, -0.25) is 4.79 Å². The third-order valence-corrected chi connectivity index (χ3v) is 8.20. The molecule has 0 aliphatic carbocycles. The Balaban J connectivity index is 1.37. The summed E-state index contributed by atoms with van der Waals surface area (Å²) in [5, 5.41) is 0. The van der Waals surface area contributed by atoms with Crippen molar-refractivity contribution in [3.63, 3.8) is 0 Å². The van der Waals surface area contributed by atoms with Crippen LogP contribution in [0.4, 0.5) is 5.82 Å². The molecule has 1 aliphatic rings. The minimum absolute atomic E-state index is 0.0550. The molecule has 2 heterocycles. The first kappa shape index (κ1) is 26.5. The molecule has 3 aromatic rings. The number of nitrogens with one attached hydrogen (secondary N) is 1. The van der Waals surface area contributed by atoms with Crippen LogP contribution in [0.2, 0.25) is 0 Å². The highest BCUT2D eigenvalue weighted by Gasteiger charge is 2.18. The molecule has 1 atom stereocenters. The van der Waals surface area contributed by atoms with Gasteiger partial charge in [0.15, 0.2) is 0 Å². The number of nitrogens with zero attached hydrogens (tertiary/aromatic N) is 4. The van der Waals surface area contributed by atoms with E-state index in [2.05, 4.69) is 94.7 Å². The molecule has 0 spiro atoms. The highest BCUT2D eigenvalue weighted by Crippen LogP contribution is 2.25. The maximum atomic E-state index is 12.7. The SMILES string of the molecule is Cc1c(N(C)C(C)CCCc2ccccc2)nc(Cc2ccc(SN3CCN(C)CC3)cc2)[nH]c1=O. The Hall–Kier alpha value is -2.61. The predicted octanol–water partition coefficient (Wildman–Crippen LogP) is 4.77. The first-order valence-corrected chi connectivity index (χ1v) is 13.7. The van der Waals surface area contributed by atoms with Crippen LogP contribution < -0.4 is 10.5 Å². The van der Waals surface area contributed by atoms with Gasteiger partial charge in [0.05, 0.1) is 5.56 Å². The molecule has 6 nitrogen and oxygen atoms in total. The number of H-pyrrole nitrogens is 1. The maximum absolute atomic E-state index is 12.7. The first-order valence-electron chi connectivity index (χ1n) is 13.0. The fourth-order valence-corrected chi connectivity index (χ4v) is 5.43. The number of aromatic nitrogens is 2. The monoisotopic (exact) mass is 505 g/mol. The van der Waals surface area contributed by atoms with Crippen molar-refractivity contribution < 1.29 is 0 Å². The second-order valence-corrected chi connectivity index (χ2v) is 11.1. The van der Waals surface area contributed by atoms with Gasteiger partial charge in [-0.1, -0.05) is 42.5 Å². The van der Waals surface area contributed by atoms with E-state index < -0.39 is 0 Å². The minimum atomic E-state index is -0.0550. The van der Waals surface area contributed by atoms with Gasteiger partial charge in [0.2, 0.25) is 0 Å². The molecular formula is C29H39N5OS. The molecule has 192 valence electrons. The number of hydrogen-bond donors (Lipinski definition) is 1. The molecule has 4 rings (SSSR count). The van der Waals surface area contributed by atoms with E-state index in [-0.39, 0.29) is 5.56 Å². The van der Waals surface area contributed by atoms with Crippen LogP contribution in [-0.4, -0.2) is 65.5 Å². The van der Waals surface area contributed by atoms with Crippen LogP contribution in [0.5, 0.6) is 0 Å². The van der Waals surface area contributed by atoms with Crippen molar-refractivity contribution in [2.75, 3.05) is 45.2 Å². The Kier molecular flexibility index (Phi) is 9.24. The highest BCUT2D eigenvalue weighted by atomic mass is 32.2. The summed E-state index contributed by atoms with van der Waals surface area (Å²) in [7, 11) is 4.23. The van der Waals surface area contributed by atoms with Crippen molar-refractivity contribution in [2.45, 2.75) is 50.5 Å². The Morgan fingerprint density at radius 3 is 2.42 bits per heavy atom. The molecule has 0 bridgehead atoms. The number of benzene rings is 2. The lowest BCUT2D eigenvalue weighted by atomic mass is 10.0. The zero-order chi connectivity index (χ0) is 25.5. The van der Waals surface area contributed by atoms with Crippen molar-refractivity contribution in [1.29, 1.82) is 0 Å². The van der Waals surface area contributed by atoms with Crippen LogP contribution in [0.1, 0.15) is 42.3 Å². The maximum Gasteiger partial charge on any atom is 0.255 e. The topological polar surface area (TPSA) is 55.5 Å². The fourth-order valence-electron chi connectivity index (χ4n) is 4.53. The Morgan fingerprint density at radius 2 is 1.72 bits per heavy atom. The van der Waals surface area contributed by atoms with Gasteiger partial charge in [0.25, 0.3) is 5.56 Å². The number of rotatable bonds is 10. The van der Waals surface area contributed by atoms with Crippen molar-refractivity contribution in [2.24, 2.45) is 0 Å². The van der Waals surface area contributed by atoms with Crippen LogP contribution >= 0.6 is 11.9 Å². The van der Waals surface area contributed by atoms with Gasteiger partial charge < -0.3 is 14.8 Å². The molecule has 1 fully saturated rings. The summed E-state index contributed by atoms with van der Waals surface area (Å²) in [4.78, 5) is 26.4. The number of anilines is 1. The highest BCUT2D eigenvalue weighted by molar-refractivity contribution is 7.97. The number of piperazine rings is 1. The van der Waals surface area contributed by atoms with Crippen LogP contribution in [0, 0.1) is 6.92 Å². The number of likely N-dealkylation sites (N-methyl/N-ethyl adjacent to an activating group) is 1. The van der Waals surface area contributed by atoms with Crippen LogP contribution in [-0.2, 0) is 12.8 Å². The lowest BCUT2D eigenvalue weighted by Crippen LogP contribution is -2.40. The van der Waals surface area contributed by atoms with Crippen molar-refractivity contribution >= 4 is 17.8 Å². The van der Waals surface area contributed by atoms with E-state index in [1.807, 2.05) is 18.9 Å². The lowest BCUT2D eigenvalue weighted by Gasteiger charge is -2.31. The van der Waals surface area contributed by atoms with Gasteiger partial charge in [-0.15, -0.1) is 0 Å². The van der Waals surface area contributed by atoms with Gasteiger partial charge in [-0.2, -0.15) is 0 Å². The van der Waals surface area contributed by atoms with Crippen molar-refractivity contribution in [3.8, 4) is 0 Å². The molecule has 1 aliphatic heterocycles. The molecule has 36 heavy (non-hydrogen) atoms. The molecule has 7 heteroatoms. The standard InChI is InChI=1S/C29H39N5OS/c1-22(9-8-12-24-10-6-5-7-11-24)33(4)28-23(2)29(35)31-27(30-28)21-25-13-15-26(16-14-25)36-34-19-17-32(3)18-20-34/h5-7,10-11,13-16,22H,8-9,12,17-21H2,1-4H3,(H,30,31,35). The molecule has 0 saturated carbocycles. The molecular weight excluding hydrogens is 466 g/mol. The van der Waals surface area contributed by atoms with Crippen LogP contribution in [0.3, 0.4) is 0 Å². The number of aryl methyl sites for hydroxylation is 1. The summed E-state index contributed by atoms with van der Waals surface area (Å²) in [5.74, 6) is 1.49. The van der Waals surface area contributed by atoms with Crippen molar-refractivity contribution in [3.05, 3.63) is 87.5 Å². The van der Waals surface area contributed by atoms with Gasteiger partial charge in [0, 0.05) is 50.6 Å². The first-order chi connectivity index (χ1) is 17.4. The molecule has 0 amide bonds. The summed E-state index contributed by atoms with van der Waals surface area (Å²) < 4.78 is 2.43. The smallest absolute Gasteiger partial charge is 0.255 e. The van der Waals surface area contributed by atoms with Crippen LogP contribution in [0.25, 0.3) is 0 Å². The number of aromatic amines is 1. The third kappa shape index (κ3) is 7.21. The summed E-state index contributed by atoms with van der Waals surface area (Å²) in [5.41, 5.74) is 3.14. The van der Waals surface area contributed by atoms with E-state index in [0.717, 1.165) is 56.8 Å². The third-order valence-electron chi connectivity index (χ3n) is 7.09. The quantitative estimate of drug-likeness (QED) is 0.401. The van der Waals surface area contributed by atoms with Gasteiger partial charge in [0.1, 0.15) is 11.6 Å². The average molecular weight is 506 g/mol. The number of hydrogen-bond acceptors (Lipinski definition) is 6. The summed E-state index contributed by atoms with van der Waals surface area (Å²) >= 11 is 1.83. The van der Waals surface area contributed by atoms with E-state index in [0.29, 0.717) is 23.9 Å². The van der Waals surface area contributed by atoms with E-state index in [1.54, 1.807) is 0 Å². The zero-order valence-corrected chi connectivity index (χ0v) is 22.9. The van der Waals surface area contributed by atoms with E-state index in [1.165, 1.54) is 10.5 Å². The molecule has 0 radical (unpaired) electrons. The van der Waals surface area contributed by atoms with E-state index in [9.17, 15) is 4.79 Å². The molecule has 1 N–H and O–H groups in total. The lowest BCUT2D eigenvalue weighted by molar-refractivity contribution is 0.233. The Morgan fingerprint density at radius 1 is 1.03 bits per heavy atom. The van der Waals surface area contributed by atoms with Gasteiger partial charge in [-0.05, 0) is 75.4 Å². The van der Waals surface area contributed by atoms with Gasteiger partial charge in [-0.25, -0.2) is 9.29 Å². The molecule has 1 unspecified atom stereocenters. The second kappa shape index (κ2) is 12.6. The van der Waals surface area contributed by atoms with Crippen LogP contribution in [0.15, 0.2) is 64.3 Å². The summed E-state index contributed by atoms with van der Waals surface area (Å²) in [6, 6.07) is 19.5. The molecule has 2 aromatic carbocycles. The molecule has 1 saturated heterocycles. The normalized spacial score (nSPS) is 15.7. The fraction of sp³-hybridized carbons (Fsp3) is 0.448. The largest absolute Gasteiger partial charge is 0.357 e. The minimum Gasteiger partial charge on any atom is -0.357 e. The van der Waals surface area contributed by atoms with Crippen molar-refractivity contribution in [1.82, 2.24) is 19.2 Å². The predicted molar refractivity (Wildman–Crippen MR) is 151 cm³/mol. The molecule has 1 aromatic heterocycles. The average Bonchev–Trinajstić information content (AvgIpc) is 2.89. The van der Waals surface area contributed by atoms with E-state index >= 15 is 0 Å².